The van der Waals surface area contributed by atoms with E-state index < -0.39 is 40.1 Å². The Bertz CT molecular complexity index is 3000. The van der Waals surface area contributed by atoms with Gasteiger partial charge < -0.3 is 21.8 Å². The Morgan fingerprint density at radius 2 is 0.942 bits per heavy atom. The molecule has 4 aromatic rings. The van der Waals surface area contributed by atoms with Gasteiger partial charge in [0.2, 0.25) is 40.1 Å². The van der Waals surface area contributed by atoms with E-state index in [-0.39, 0.29) is 68.3 Å². The maximum atomic E-state index is 14.0. The van der Waals surface area contributed by atoms with E-state index in [1.165, 1.54) is 42.5 Å². The van der Waals surface area contributed by atoms with Crippen molar-refractivity contribution < 1.29 is 33.7 Å². The maximum absolute atomic E-state index is 14.0. The molecule has 69 heavy (non-hydrogen) atoms. The first-order valence-electron chi connectivity index (χ1n) is 22.8. The molecule has 0 atom stereocenters. The van der Waals surface area contributed by atoms with Gasteiger partial charge in [-0.05, 0) is 117 Å². The number of aliphatic imine (C=N–C) groups is 2. The second kappa shape index (κ2) is 23.9. The van der Waals surface area contributed by atoms with Gasteiger partial charge in [0, 0.05) is 67.2 Å². The van der Waals surface area contributed by atoms with Crippen LogP contribution in [0, 0.1) is 10.8 Å². The van der Waals surface area contributed by atoms with Crippen molar-refractivity contribution in [1.82, 2.24) is 29.5 Å². The SMILES string of the molecule is CC(=N)c1ccc(S(=O)(=O)NCCCCCCCNS(=O)(=O)c2ccc(C(=N)N)cc2-c2cc(S(=O)(=O)NCCCCCCNS(=O)(=O)c3ccc(C4=NCCN4)cc3)ccc2C2=NCCN2)cc1. The first-order valence-corrected chi connectivity index (χ1v) is 28.8. The van der Waals surface area contributed by atoms with Gasteiger partial charge in [-0.25, -0.2) is 52.6 Å². The first kappa shape index (κ1) is 53.0. The number of hydrogen-bond acceptors (Lipinski definition) is 14. The maximum Gasteiger partial charge on any atom is 0.241 e. The summed E-state index contributed by atoms with van der Waals surface area (Å²) in [5.41, 5.74) is 8.75. The molecule has 0 aromatic heterocycles. The molecule has 10 N–H and O–H groups in total. The number of nitrogens with one attached hydrogen (secondary N) is 8. The zero-order valence-electron chi connectivity index (χ0n) is 38.5. The lowest BCUT2D eigenvalue weighted by Gasteiger charge is -2.18. The van der Waals surface area contributed by atoms with Crippen LogP contribution in [0.15, 0.2) is 114 Å². The minimum Gasteiger partial charge on any atom is -0.384 e. The highest BCUT2D eigenvalue weighted by Crippen LogP contribution is 2.34. The van der Waals surface area contributed by atoms with Gasteiger partial charge in [0.05, 0.1) is 32.7 Å². The molecule has 6 rings (SSSR count). The number of unbranched alkanes of at least 4 members (excludes halogenated alkanes) is 7. The van der Waals surface area contributed by atoms with Crippen LogP contribution >= 0.6 is 0 Å². The van der Waals surface area contributed by atoms with Crippen molar-refractivity contribution >= 4 is 63.3 Å². The van der Waals surface area contributed by atoms with Crippen LogP contribution in [0.25, 0.3) is 11.1 Å². The summed E-state index contributed by atoms with van der Waals surface area (Å²) < 4.78 is 117. The lowest BCUT2D eigenvalue weighted by Crippen LogP contribution is -2.27. The third kappa shape index (κ3) is 14.6. The number of sulfonamides is 4. The van der Waals surface area contributed by atoms with Crippen molar-refractivity contribution in [3.63, 3.8) is 0 Å². The lowest BCUT2D eigenvalue weighted by atomic mass is 9.97. The molecule has 23 heteroatoms. The van der Waals surface area contributed by atoms with Crippen molar-refractivity contribution in [1.29, 1.82) is 10.8 Å². The van der Waals surface area contributed by atoms with Crippen molar-refractivity contribution in [2.24, 2.45) is 15.7 Å². The molecule has 0 saturated heterocycles. The van der Waals surface area contributed by atoms with Crippen molar-refractivity contribution in [3.8, 4) is 11.1 Å². The molecule has 2 aliphatic rings. The zero-order chi connectivity index (χ0) is 49.7. The minimum atomic E-state index is -4.20. The first-order chi connectivity index (χ1) is 32.9. The fourth-order valence-electron chi connectivity index (χ4n) is 7.65. The van der Waals surface area contributed by atoms with Crippen LogP contribution in [0.2, 0.25) is 0 Å². The number of hydrogen-bond donors (Lipinski definition) is 9. The quantitative estimate of drug-likeness (QED) is 0.0224. The smallest absolute Gasteiger partial charge is 0.241 e. The lowest BCUT2D eigenvalue weighted by molar-refractivity contribution is 0.562. The van der Waals surface area contributed by atoms with Crippen molar-refractivity contribution in [2.75, 3.05) is 52.4 Å². The van der Waals surface area contributed by atoms with Crippen molar-refractivity contribution in [3.05, 3.63) is 107 Å². The second-order valence-corrected chi connectivity index (χ2v) is 23.6. The van der Waals surface area contributed by atoms with Crippen LogP contribution in [0.3, 0.4) is 0 Å². The Balaban J connectivity index is 1.02. The van der Waals surface area contributed by atoms with E-state index in [9.17, 15) is 33.7 Å². The molecule has 19 nitrogen and oxygen atoms in total. The summed E-state index contributed by atoms with van der Waals surface area (Å²) in [7, 11) is -15.7. The van der Waals surface area contributed by atoms with Gasteiger partial charge in [-0.3, -0.25) is 15.4 Å². The van der Waals surface area contributed by atoms with Crippen LogP contribution in [0.1, 0.15) is 87.0 Å². The van der Waals surface area contributed by atoms with Gasteiger partial charge in [-0.2, -0.15) is 0 Å². The molecule has 0 radical (unpaired) electrons. The Hall–Kier alpha value is -5.40. The topological polar surface area (TPSA) is 307 Å². The van der Waals surface area contributed by atoms with Crippen LogP contribution < -0.4 is 35.3 Å². The Morgan fingerprint density at radius 1 is 0.507 bits per heavy atom. The monoisotopic (exact) mass is 1020 g/mol. The summed E-state index contributed by atoms with van der Waals surface area (Å²) in [6.07, 6.45) is 5.51. The Kier molecular flexibility index (Phi) is 18.4. The van der Waals surface area contributed by atoms with Gasteiger partial charge in [0.15, 0.2) is 0 Å². The van der Waals surface area contributed by atoms with Gasteiger partial charge in [0.1, 0.15) is 17.5 Å². The summed E-state index contributed by atoms with van der Waals surface area (Å²) in [5, 5.41) is 22.2. The molecule has 2 aliphatic heterocycles. The molecule has 0 unspecified atom stereocenters. The molecule has 372 valence electrons. The fourth-order valence-corrected chi connectivity index (χ4v) is 12.2. The molecular weight excluding hydrogens is 963 g/mol. The van der Waals surface area contributed by atoms with E-state index in [0.717, 1.165) is 24.4 Å². The van der Waals surface area contributed by atoms with E-state index in [4.69, 9.17) is 16.6 Å². The molecule has 0 spiro atoms. The molecule has 0 aliphatic carbocycles. The molecule has 0 bridgehead atoms. The van der Waals surface area contributed by atoms with E-state index in [2.05, 4.69) is 39.5 Å². The van der Waals surface area contributed by atoms with Crippen LogP contribution in [0.4, 0.5) is 0 Å². The van der Waals surface area contributed by atoms with Crippen LogP contribution in [-0.2, 0) is 40.1 Å². The summed E-state index contributed by atoms with van der Waals surface area (Å²) in [5.74, 6) is 0.890. The molecule has 4 aromatic carbocycles. The number of nitrogens with two attached hydrogens (primary N) is 1. The summed E-state index contributed by atoms with van der Waals surface area (Å²) in [4.78, 5) is 8.90. The molecule has 2 heterocycles. The molecule has 0 amide bonds. The average Bonchev–Trinajstić information content (AvgIpc) is 4.08. The highest BCUT2D eigenvalue weighted by Gasteiger charge is 2.26. The van der Waals surface area contributed by atoms with E-state index >= 15 is 0 Å². The van der Waals surface area contributed by atoms with E-state index in [0.29, 0.717) is 93.7 Å². The predicted molar refractivity (Wildman–Crippen MR) is 269 cm³/mol. The highest BCUT2D eigenvalue weighted by molar-refractivity contribution is 7.90. The molecule has 0 saturated carbocycles. The van der Waals surface area contributed by atoms with E-state index in [1.54, 1.807) is 49.4 Å². The number of benzene rings is 4. The predicted octanol–water partition coefficient (Wildman–Crippen LogP) is 3.75. The Morgan fingerprint density at radius 3 is 1.42 bits per heavy atom. The summed E-state index contributed by atoms with van der Waals surface area (Å²) in [6.45, 7) is 4.72. The largest absolute Gasteiger partial charge is 0.384 e. The van der Waals surface area contributed by atoms with Gasteiger partial charge in [-0.1, -0.05) is 44.2 Å². The van der Waals surface area contributed by atoms with Crippen molar-refractivity contribution in [2.45, 2.75) is 84.3 Å². The van der Waals surface area contributed by atoms with Gasteiger partial charge in [-0.15, -0.1) is 0 Å². The van der Waals surface area contributed by atoms with Gasteiger partial charge >= 0.3 is 0 Å². The minimum absolute atomic E-state index is 0.104. The van der Waals surface area contributed by atoms with Gasteiger partial charge in [0.25, 0.3) is 0 Å². The number of nitrogens with zero attached hydrogens (tertiary/aromatic N) is 2. The third-order valence-corrected chi connectivity index (χ3v) is 17.4. The molecule has 0 fully saturated rings. The third-order valence-electron chi connectivity index (χ3n) is 11.4. The standard InChI is InChI=1S/C46H61N11O8S4/c1-33(47)34-11-16-37(17-12-34)66(58,59)54-23-7-3-2-4-8-26-57-69(64,65)43-22-15-36(44(48)49)31-42(43)41-32-39(20-21-40(41)46-52-29-30-53-46)68(62,63)56-25-10-6-5-9-24-55-67(60,61)38-18-13-35(14-19-38)45-50-27-28-51-45/h11-22,31-32,47,54-57H,2-10,23-30H2,1H3,(H3,48,49)(H,50,51)(H,52,53). The second-order valence-electron chi connectivity index (χ2n) is 16.6. The number of amidine groups is 3. The highest BCUT2D eigenvalue weighted by atomic mass is 32.2. The number of rotatable bonds is 28. The number of nitrogen functional groups attached to an aromatic ring is 1. The van der Waals surface area contributed by atoms with Crippen LogP contribution in [0.5, 0.6) is 0 Å². The molecular formula is C46H61N11O8S4. The summed E-state index contributed by atoms with van der Waals surface area (Å²) in [6, 6.07) is 21.3. The fraction of sp³-hybridized carbons (Fsp3) is 0.391. The van der Waals surface area contributed by atoms with Crippen LogP contribution in [-0.4, -0.2) is 109 Å². The normalized spacial score (nSPS) is 14.2. The zero-order valence-corrected chi connectivity index (χ0v) is 41.7. The van der Waals surface area contributed by atoms with E-state index in [1.807, 2.05) is 0 Å². The Labute approximate surface area is 405 Å². The summed E-state index contributed by atoms with van der Waals surface area (Å²) >= 11 is 0. The average molecular weight is 1020 g/mol.